The van der Waals surface area contributed by atoms with Crippen LogP contribution in [0.3, 0.4) is 0 Å². The van der Waals surface area contributed by atoms with Crippen molar-refractivity contribution in [1.29, 1.82) is 0 Å². The third kappa shape index (κ3) is 4.09. The fourth-order valence-corrected chi connectivity index (χ4v) is 4.17. The number of benzene rings is 1. The van der Waals surface area contributed by atoms with Crippen LogP contribution in [0.1, 0.15) is 29.0 Å². The van der Waals surface area contributed by atoms with Gasteiger partial charge in [0, 0.05) is 24.8 Å². The maximum absolute atomic E-state index is 12.7. The SMILES string of the molecule is CC(NC(=O)c1cccc(S(=O)(=O)N2CCOCC2)c1)c1ccccn1. The molecule has 1 unspecified atom stereocenters. The molecule has 2 heterocycles. The highest BCUT2D eigenvalue weighted by Crippen LogP contribution is 2.19. The summed E-state index contributed by atoms with van der Waals surface area (Å²) in [5.41, 5.74) is 1.03. The Bertz CT molecular complexity index is 865. The van der Waals surface area contributed by atoms with Crippen molar-refractivity contribution in [3.8, 4) is 0 Å². The van der Waals surface area contributed by atoms with Crippen molar-refractivity contribution in [2.75, 3.05) is 26.3 Å². The van der Waals surface area contributed by atoms with Gasteiger partial charge in [-0.25, -0.2) is 8.42 Å². The van der Waals surface area contributed by atoms with Crippen molar-refractivity contribution in [1.82, 2.24) is 14.6 Å². The lowest BCUT2D eigenvalue weighted by molar-refractivity contribution is 0.0730. The Hall–Kier alpha value is -2.29. The summed E-state index contributed by atoms with van der Waals surface area (Å²) < 4.78 is 32.1. The molecule has 8 heteroatoms. The van der Waals surface area contributed by atoms with Crippen molar-refractivity contribution >= 4 is 15.9 Å². The van der Waals surface area contributed by atoms with Gasteiger partial charge in [-0.15, -0.1) is 0 Å². The lowest BCUT2D eigenvalue weighted by Crippen LogP contribution is -2.40. The average Bonchev–Trinajstić information content (AvgIpc) is 2.69. The number of ether oxygens (including phenoxy) is 1. The third-order valence-corrected chi connectivity index (χ3v) is 6.08. The number of hydrogen-bond donors (Lipinski definition) is 1. The highest BCUT2D eigenvalue weighted by atomic mass is 32.2. The third-order valence-electron chi connectivity index (χ3n) is 4.18. The average molecular weight is 375 g/mol. The number of rotatable bonds is 5. The van der Waals surface area contributed by atoms with Crippen molar-refractivity contribution < 1.29 is 17.9 Å². The second kappa shape index (κ2) is 7.94. The molecule has 7 nitrogen and oxygen atoms in total. The maximum atomic E-state index is 12.7. The van der Waals surface area contributed by atoms with E-state index in [0.717, 1.165) is 5.69 Å². The Morgan fingerprint density at radius 2 is 1.96 bits per heavy atom. The van der Waals surface area contributed by atoms with E-state index in [0.29, 0.717) is 31.9 Å². The number of sulfonamides is 1. The number of morpholine rings is 1. The minimum atomic E-state index is -3.64. The van der Waals surface area contributed by atoms with Gasteiger partial charge in [0.05, 0.1) is 29.8 Å². The lowest BCUT2D eigenvalue weighted by Gasteiger charge is -2.26. The second-order valence-electron chi connectivity index (χ2n) is 5.99. The quantitative estimate of drug-likeness (QED) is 0.857. The van der Waals surface area contributed by atoms with Crippen molar-refractivity contribution in [3.05, 3.63) is 59.9 Å². The molecule has 2 aromatic rings. The van der Waals surface area contributed by atoms with E-state index in [1.807, 2.05) is 19.1 Å². The predicted molar refractivity (Wildman–Crippen MR) is 96.1 cm³/mol. The van der Waals surface area contributed by atoms with Gasteiger partial charge in [-0.2, -0.15) is 4.31 Å². The normalized spacial score (nSPS) is 16.8. The predicted octanol–water partition coefficient (Wildman–Crippen LogP) is 1.59. The molecule has 0 radical (unpaired) electrons. The molecule has 0 aliphatic carbocycles. The topological polar surface area (TPSA) is 88.6 Å². The zero-order valence-corrected chi connectivity index (χ0v) is 15.3. The van der Waals surface area contributed by atoms with Gasteiger partial charge in [-0.3, -0.25) is 9.78 Å². The van der Waals surface area contributed by atoms with Gasteiger partial charge < -0.3 is 10.1 Å². The van der Waals surface area contributed by atoms with Crippen molar-refractivity contribution in [2.24, 2.45) is 0 Å². The number of hydrogen-bond acceptors (Lipinski definition) is 5. The second-order valence-corrected chi connectivity index (χ2v) is 7.93. The van der Waals surface area contributed by atoms with E-state index in [9.17, 15) is 13.2 Å². The fraction of sp³-hybridized carbons (Fsp3) is 0.333. The summed E-state index contributed by atoms with van der Waals surface area (Å²) in [6, 6.07) is 11.3. The standard InChI is InChI=1S/C18H21N3O4S/c1-14(17-7-2-3-8-19-17)20-18(22)15-5-4-6-16(13-15)26(23,24)21-9-11-25-12-10-21/h2-8,13-14H,9-12H2,1H3,(H,20,22). The lowest BCUT2D eigenvalue weighted by atomic mass is 10.1. The van der Waals surface area contributed by atoms with Crippen LogP contribution in [0.25, 0.3) is 0 Å². The van der Waals surface area contributed by atoms with Crippen LogP contribution in [0.5, 0.6) is 0 Å². The van der Waals surface area contributed by atoms with E-state index in [1.165, 1.54) is 16.4 Å². The summed E-state index contributed by atoms with van der Waals surface area (Å²) in [5, 5.41) is 2.84. The summed E-state index contributed by atoms with van der Waals surface area (Å²) in [4.78, 5) is 16.8. The van der Waals surface area contributed by atoms with Crippen LogP contribution < -0.4 is 5.32 Å². The Morgan fingerprint density at radius 3 is 2.65 bits per heavy atom. The van der Waals surface area contributed by atoms with Crippen LogP contribution in [0, 0.1) is 0 Å². The van der Waals surface area contributed by atoms with Gasteiger partial charge >= 0.3 is 0 Å². The number of amides is 1. The van der Waals surface area contributed by atoms with Crippen molar-refractivity contribution in [2.45, 2.75) is 17.9 Å². The highest BCUT2D eigenvalue weighted by Gasteiger charge is 2.27. The number of nitrogens with one attached hydrogen (secondary N) is 1. The van der Waals surface area contributed by atoms with Crippen LogP contribution in [0.2, 0.25) is 0 Å². The van der Waals surface area contributed by atoms with Gasteiger partial charge in [0.25, 0.3) is 5.91 Å². The fourth-order valence-electron chi connectivity index (χ4n) is 2.72. The van der Waals surface area contributed by atoms with Crippen LogP contribution in [0.15, 0.2) is 53.6 Å². The smallest absolute Gasteiger partial charge is 0.251 e. The molecule has 1 aromatic heterocycles. The molecule has 1 aromatic carbocycles. The Balaban J connectivity index is 1.77. The van der Waals surface area contributed by atoms with E-state index in [4.69, 9.17) is 4.74 Å². The summed E-state index contributed by atoms with van der Waals surface area (Å²) >= 11 is 0. The summed E-state index contributed by atoms with van der Waals surface area (Å²) in [5.74, 6) is -0.345. The zero-order valence-electron chi connectivity index (χ0n) is 14.5. The first-order valence-electron chi connectivity index (χ1n) is 8.38. The largest absolute Gasteiger partial charge is 0.379 e. The van der Waals surface area contributed by atoms with Crippen LogP contribution in [-0.4, -0.2) is 49.9 Å². The molecule has 26 heavy (non-hydrogen) atoms. The van der Waals surface area contributed by atoms with E-state index in [1.54, 1.807) is 24.4 Å². The summed E-state index contributed by atoms with van der Waals surface area (Å²) in [6.45, 7) is 3.21. The molecule has 0 saturated carbocycles. The molecule has 1 fully saturated rings. The molecule has 1 amide bonds. The first-order valence-corrected chi connectivity index (χ1v) is 9.82. The number of aromatic nitrogens is 1. The molecule has 0 spiro atoms. The molecule has 138 valence electrons. The minimum absolute atomic E-state index is 0.109. The first-order chi connectivity index (χ1) is 12.5. The molecule has 1 N–H and O–H groups in total. The molecule has 0 bridgehead atoms. The Kier molecular flexibility index (Phi) is 5.65. The Morgan fingerprint density at radius 1 is 1.19 bits per heavy atom. The van der Waals surface area contributed by atoms with Gasteiger partial charge in [0.15, 0.2) is 0 Å². The molecule has 3 rings (SSSR count). The van der Waals surface area contributed by atoms with Crippen LogP contribution in [0.4, 0.5) is 0 Å². The van der Waals surface area contributed by atoms with E-state index >= 15 is 0 Å². The summed E-state index contributed by atoms with van der Waals surface area (Å²) in [7, 11) is -3.64. The van der Waals surface area contributed by atoms with E-state index in [2.05, 4.69) is 10.3 Å². The monoisotopic (exact) mass is 375 g/mol. The Labute approximate surface area is 153 Å². The highest BCUT2D eigenvalue weighted by molar-refractivity contribution is 7.89. The molecule has 1 atom stereocenters. The number of pyridine rings is 1. The van der Waals surface area contributed by atoms with Gasteiger partial charge in [-0.1, -0.05) is 12.1 Å². The molecule has 1 saturated heterocycles. The molecule has 1 aliphatic rings. The van der Waals surface area contributed by atoms with Gasteiger partial charge in [-0.05, 0) is 37.3 Å². The molecular weight excluding hydrogens is 354 g/mol. The maximum Gasteiger partial charge on any atom is 0.251 e. The number of carbonyl (C=O) groups is 1. The van der Waals surface area contributed by atoms with Crippen molar-refractivity contribution in [3.63, 3.8) is 0 Å². The molecule has 1 aliphatic heterocycles. The number of carbonyl (C=O) groups excluding carboxylic acids is 1. The van der Waals surface area contributed by atoms with E-state index < -0.39 is 10.0 Å². The molecular formula is C18H21N3O4S. The van der Waals surface area contributed by atoms with Gasteiger partial charge in [0.1, 0.15) is 0 Å². The summed E-state index contributed by atoms with van der Waals surface area (Å²) in [6.07, 6.45) is 1.66. The van der Waals surface area contributed by atoms with E-state index in [-0.39, 0.29) is 16.8 Å². The van der Waals surface area contributed by atoms with Crippen LogP contribution in [-0.2, 0) is 14.8 Å². The van der Waals surface area contributed by atoms with Crippen LogP contribution >= 0.6 is 0 Å². The minimum Gasteiger partial charge on any atom is -0.379 e. The zero-order chi connectivity index (χ0) is 18.6. The van der Waals surface area contributed by atoms with Gasteiger partial charge in [0.2, 0.25) is 10.0 Å². The number of nitrogens with zero attached hydrogens (tertiary/aromatic N) is 2. The first kappa shape index (κ1) is 18.5.